The summed E-state index contributed by atoms with van der Waals surface area (Å²) in [6.07, 6.45) is 4.69. The number of aliphatic carboxylic acids is 1. The Morgan fingerprint density at radius 2 is 1.48 bits per heavy atom. The number of carboxylic acid groups (broad SMARTS) is 1. The second kappa shape index (κ2) is 17.6. The van der Waals surface area contributed by atoms with Crippen molar-refractivity contribution in [2.45, 2.75) is 122 Å². The third-order valence-electron chi connectivity index (χ3n) is 11.1. The molecular weight excluding hydrogens is 645 g/mol. The van der Waals surface area contributed by atoms with E-state index in [1.54, 1.807) is 0 Å². The van der Waals surface area contributed by atoms with Crippen LogP contribution in [-0.2, 0) is 14.0 Å². The molecule has 8 heteroatoms. The fourth-order valence-electron chi connectivity index (χ4n) is 6.99. The van der Waals surface area contributed by atoms with Crippen molar-refractivity contribution in [3.63, 3.8) is 0 Å². The van der Waals surface area contributed by atoms with Crippen molar-refractivity contribution >= 4 is 20.3 Å². The third-order valence-corrected chi connectivity index (χ3v) is 15.6. The van der Waals surface area contributed by atoms with Crippen LogP contribution in [0, 0.1) is 11.3 Å². The van der Waals surface area contributed by atoms with Crippen LogP contribution in [0.25, 0.3) is 11.1 Å². The van der Waals surface area contributed by atoms with Crippen molar-refractivity contribution in [1.29, 1.82) is 0 Å². The van der Waals surface area contributed by atoms with E-state index >= 15 is 0 Å². The van der Waals surface area contributed by atoms with Crippen LogP contribution < -0.4 is 4.74 Å². The number of benzene rings is 3. The van der Waals surface area contributed by atoms with Gasteiger partial charge in [-0.15, -0.1) is 0 Å². The van der Waals surface area contributed by atoms with Crippen LogP contribution in [-0.4, -0.2) is 55.4 Å². The van der Waals surface area contributed by atoms with E-state index in [-0.39, 0.29) is 29.5 Å². The molecule has 0 aromatic heterocycles. The van der Waals surface area contributed by atoms with Gasteiger partial charge >= 0.3 is 11.9 Å². The van der Waals surface area contributed by atoms with Crippen molar-refractivity contribution in [3.8, 4) is 16.9 Å². The molecule has 1 saturated carbocycles. The number of carbonyl (C=O) groups excluding carboxylic acids is 1. The minimum atomic E-state index is -2.13. The highest BCUT2D eigenvalue weighted by atomic mass is 28.4. The lowest BCUT2D eigenvalue weighted by Crippen LogP contribution is -2.46. The van der Waals surface area contributed by atoms with Crippen molar-refractivity contribution in [1.82, 2.24) is 0 Å². The molecular formula is C42H58O7Si. The number of aliphatic hydroxyl groups is 1. The molecule has 3 aromatic carbocycles. The van der Waals surface area contributed by atoms with Gasteiger partial charge in [0.25, 0.3) is 0 Å². The lowest BCUT2D eigenvalue weighted by atomic mass is 9.71. The lowest BCUT2D eigenvalue weighted by molar-refractivity contribution is -0.137. The minimum absolute atomic E-state index is 0.0264. The molecule has 0 radical (unpaired) electrons. The molecule has 7 nitrogen and oxygen atoms in total. The predicted molar refractivity (Wildman–Crippen MR) is 202 cm³/mol. The van der Waals surface area contributed by atoms with Crippen LogP contribution in [0.5, 0.6) is 5.75 Å². The Morgan fingerprint density at radius 1 is 0.880 bits per heavy atom. The summed E-state index contributed by atoms with van der Waals surface area (Å²) in [5, 5.41) is 20.7. The number of rotatable bonds is 18. The first-order valence-corrected chi connectivity index (χ1v) is 21.2. The van der Waals surface area contributed by atoms with Gasteiger partial charge in [-0.3, -0.25) is 4.79 Å². The molecule has 1 aliphatic carbocycles. The first kappa shape index (κ1) is 39.3. The monoisotopic (exact) mass is 702 g/mol. The van der Waals surface area contributed by atoms with E-state index in [1.165, 1.54) is 0 Å². The van der Waals surface area contributed by atoms with E-state index in [0.717, 1.165) is 42.6 Å². The molecule has 0 bridgehead atoms. The first-order valence-electron chi connectivity index (χ1n) is 18.3. The summed E-state index contributed by atoms with van der Waals surface area (Å²) in [5.74, 6) is -0.466. The van der Waals surface area contributed by atoms with E-state index in [4.69, 9.17) is 19.0 Å². The van der Waals surface area contributed by atoms with Gasteiger partial charge < -0.3 is 24.1 Å². The molecule has 2 N–H and O–H groups in total. The zero-order chi connectivity index (χ0) is 36.4. The minimum Gasteiger partial charge on any atom is -0.491 e. The molecule has 0 heterocycles. The molecule has 50 heavy (non-hydrogen) atoms. The van der Waals surface area contributed by atoms with Crippen LogP contribution in [0.15, 0.2) is 84.9 Å². The second-order valence-corrected chi connectivity index (χ2v) is 20.5. The average molecular weight is 703 g/mol. The number of para-hydroxylation sites is 1. The number of carboxylic acids is 1. The van der Waals surface area contributed by atoms with Crippen LogP contribution >= 0.6 is 0 Å². The molecule has 0 saturated heterocycles. The van der Waals surface area contributed by atoms with E-state index in [0.29, 0.717) is 37.9 Å². The zero-order valence-corrected chi connectivity index (χ0v) is 31.9. The van der Waals surface area contributed by atoms with Crippen LogP contribution in [0.1, 0.15) is 95.8 Å². The normalized spacial score (nSPS) is 21.5. The molecule has 272 valence electrons. The molecule has 0 amide bonds. The quantitative estimate of drug-likeness (QED) is 0.0773. The maximum absolute atomic E-state index is 13.6. The second-order valence-electron chi connectivity index (χ2n) is 15.8. The fraction of sp³-hybridized carbons (Fsp3) is 0.524. The van der Waals surface area contributed by atoms with Crippen LogP contribution in [0.3, 0.4) is 0 Å². The van der Waals surface area contributed by atoms with Gasteiger partial charge in [0.15, 0.2) is 8.32 Å². The van der Waals surface area contributed by atoms with E-state index < -0.39 is 31.9 Å². The number of unbranched alkanes of at least 4 members (excludes halogenated alkanes) is 3. The van der Waals surface area contributed by atoms with Gasteiger partial charge in [-0.05, 0) is 85.1 Å². The Morgan fingerprint density at radius 3 is 2.10 bits per heavy atom. The molecule has 1 unspecified atom stereocenters. The maximum atomic E-state index is 13.6. The van der Waals surface area contributed by atoms with Gasteiger partial charge in [0, 0.05) is 18.3 Å². The fourth-order valence-corrected chi connectivity index (χ4v) is 8.36. The SMILES string of the molecule is CC(C)(C)[Si](C)(C)O[C@@H](CC[C@H]1C(O)C[C@H](OC(=O)c2ccc(-c3ccccc3)cc2)[C@]1(C)CCCCCCC(=O)O)COc1ccccc1. The maximum Gasteiger partial charge on any atom is 0.338 e. The summed E-state index contributed by atoms with van der Waals surface area (Å²) < 4.78 is 19.4. The topological polar surface area (TPSA) is 102 Å². The van der Waals surface area contributed by atoms with Gasteiger partial charge in [-0.1, -0.05) is 108 Å². The van der Waals surface area contributed by atoms with Crippen molar-refractivity contribution < 1.29 is 33.7 Å². The summed E-state index contributed by atoms with van der Waals surface area (Å²) in [6.45, 7) is 13.8. The Hall–Kier alpha value is -3.46. The summed E-state index contributed by atoms with van der Waals surface area (Å²) in [5.41, 5.74) is 2.12. The number of aliphatic hydroxyl groups excluding tert-OH is 1. The van der Waals surface area contributed by atoms with E-state index in [2.05, 4.69) is 40.8 Å². The highest BCUT2D eigenvalue weighted by molar-refractivity contribution is 6.74. The molecule has 1 fully saturated rings. The summed E-state index contributed by atoms with van der Waals surface area (Å²) in [4.78, 5) is 24.6. The van der Waals surface area contributed by atoms with Gasteiger partial charge in [0.1, 0.15) is 18.5 Å². The van der Waals surface area contributed by atoms with Crippen molar-refractivity contribution in [2.75, 3.05) is 6.61 Å². The predicted octanol–water partition coefficient (Wildman–Crippen LogP) is 9.94. The number of esters is 1. The van der Waals surface area contributed by atoms with Crippen LogP contribution in [0.4, 0.5) is 0 Å². The number of hydrogen-bond donors (Lipinski definition) is 2. The smallest absolute Gasteiger partial charge is 0.338 e. The Labute approximate surface area is 300 Å². The largest absolute Gasteiger partial charge is 0.491 e. The summed E-state index contributed by atoms with van der Waals surface area (Å²) in [7, 11) is -2.13. The lowest BCUT2D eigenvalue weighted by Gasteiger charge is -2.40. The number of hydrogen-bond acceptors (Lipinski definition) is 6. The zero-order valence-electron chi connectivity index (χ0n) is 30.9. The summed E-state index contributed by atoms with van der Waals surface area (Å²) in [6, 6.07) is 27.3. The molecule has 0 aliphatic heterocycles. The van der Waals surface area contributed by atoms with Gasteiger partial charge in [-0.25, -0.2) is 4.79 Å². The van der Waals surface area contributed by atoms with E-state index in [9.17, 15) is 14.7 Å². The molecule has 1 aliphatic rings. The molecule has 0 spiro atoms. The first-order chi connectivity index (χ1) is 23.7. The van der Waals surface area contributed by atoms with Gasteiger partial charge in [0.05, 0.1) is 17.8 Å². The standard InChI is InChI=1S/C42H58O7Si/c1-41(2,3)50(5,6)49-35(30-47-34-19-13-10-14-20-34)26-27-36-37(43)29-38(42(36,4)28-16-8-7-15-21-39(44)45)48-40(46)33-24-22-32(23-25-33)31-17-11-9-12-18-31/h9-14,17-20,22-25,35-38,43H,7-8,15-16,21,26-30H2,1-6H3,(H,44,45)/t35-,36-,37?,38-,42+/m0/s1. The highest BCUT2D eigenvalue weighted by Crippen LogP contribution is 2.51. The molecule has 4 rings (SSSR count). The molecule has 3 aromatic rings. The Kier molecular flexibility index (Phi) is 13.9. The number of carbonyl (C=O) groups is 2. The Bertz CT molecular complexity index is 1490. The third kappa shape index (κ3) is 10.8. The Balaban J connectivity index is 1.50. The van der Waals surface area contributed by atoms with Crippen molar-refractivity contribution in [2.24, 2.45) is 11.3 Å². The number of ether oxygens (including phenoxy) is 2. The van der Waals surface area contributed by atoms with E-state index in [1.807, 2.05) is 84.9 Å². The van der Waals surface area contributed by atoms with Crippen LogP contribution in [0.2, 0.25) is 18.1 Å². The van der Waals surface area contributed by atoms with Crippen molar-refractivity contribution in [3.05, 3.63) is 90.5 Å². The molecule has 5 atom stereocenters. The summed E-state index contributed by atoms with van der Waals surface area (Å²) >= 11 is 0. The highest BCUT2D eigenvalue weighted by Gasteiger charge is 2.53. The van der Waals surface area contributed by atoms with Gasteiger partial charge in [-0.2, -0.15) is 0 Å². The average Bonchev–Trinajstić information content (AvgIpc) is 3.31. The van der Waals surface area contributed by atoms with Gasteiger partial charge in [0.2, 0.25) is 0 Å².